The number of amides is 1. The number of unbranched alkanes of at least 4 members (excludes halogenated alkanes) is 29. The van der Waals surface area contributed by atoms with E-state index in [2.05, 4.69) is 50.4 Å². The second-order valence-corrected chi connectivity index (χ2v) is 18.0. The Bertz CT molecular complexity index is 1110. The third kappa shape index (κ3) is 44.2. The molecule has 0 saturated carbocycles. The number of carbonyl (C=O) groups is 2. The maximum atomic E-state index is 13.2. The van der Waals surface area contributed by atoms with Crippen molar-refractivity contribution >= 4 is 11.9 Å². The van der Waals surface area contributed by atoms with Crippen molar-refractivity contribution in [2.24, 2.45) is 0 Å². The van der Waals surface area contributed by atoms with Crippen LogP contribution in [-0.2, 0) is 14.3 Å². The Hall–Kier alpha value is -2.44. The zero-order valence-corrected chi connectivity index (χ0v) is 41.0. The number of nitrogens with one attached hydrogen (secondary N) is 1. The summed E-state index contributed by atoms with van der Waals surface area (Å²) in [6.45, 7) is 6.35. The van der Waals surface area contributed by atoms with Crippen molar-refractivity contribution in [2.45, 2.75) is 277 Å². The van der Waals surface area contributed by atoms with E-state index in [-0.39, 0.29) is 24.9 Å². The number of rotatable bonds is 47. The predicted octanol–water partition coefficient (Wildman–Crippen LogP) is 16.0. The summed E-state index contributed by atoms with van der Waals surface area (Å²) in [7, 11) is 0. The number of aliphatic hydroxyl groups is 2. The highest BCUT2D eigenvalue weighted by Crippen LogP contribution is 2.18. The molecule has 0 spiro atoms. The lowest BCUT2D eigenvalue weighted by Crippen LogP contribution is -2.46. The number of esters is 1. The molecule has 0 aromatic rings. The summed E-state index contributed by atoms with van der Waals surface area (Å²) >= 11 is 0. The minimum absolute atomic E-state index is 0.0615. The van der Waals surface area contributed by atoms with E-state index in [1.807, 2.05) is 36.5 Å². The van der Waals surface area contributed by atoms with Gasteiger partial charge in [0.15, 0.2) is 0 Å². The molecule has 0 aromatic carbocycles. The number of allylic oxidation sites excluding steroid dienone is 10. The Morgan fingerprint density at radius 2 is 0.871 bits per heavy atom. The van der Waals surface area contributed by atoms with E-state index in [0.29, 0.717) is 19.3 Å². The van der Waals surface area contributed by atoms with Crippen LogP contribution in [0.3, 0.4) is 0 Å². The average Bonchev–Trinajstić information content (AvgIpc) is 3.26. The van der Waals surface area contributed by atoms with Crippen molar-refractivity contribution in [1.82, 2.24) is 5.32 Å². The Morgan fingerprint density at radius 1 is 0.484 bits per heavy atom. The van der Waals surface area contributed by atoms with E-state index in [9.17, 15) is 19.8 Å². The van der Waals surface area contributed by atoms with Gasteiger partial charge in [0.05, 0.1) is 25.2 Å². The highest BCUT2D eigenvalue weighted by Gasteiger charge is 2.24. The molecular weight excluding hydrogens is 767 g/mol. The Kier molecular flexibility index (Phi) is 47.6. The van der Waals surface area contributed by atoms with Gasteiger partial charge in [0.25, 0.3) is 0 Å². The van der Waals surface area contributed by atoms with Gasteiger partial charge in [0, 0.05) is 6.42 Å². The zero-order valence-electron chi connectivity index (χ0n) is 41.0. The first kappa shape index (κ1) is 59.6. The standard InChI is InChI=1S/C56H101NO5/c1-4-7-10-13-16-19-22-25-28-31-34-37-40-43-46-49-56(61)62-52(47-44-41-38-35-32-29-26-23-20-17-14-11-8-5-2)50-55(60)57-53(51-58)54(59)48-45-42-39-36-33-30-27-24-21-18-15-12-9-6-3/h7,10,13,16,19,22,25,28,31,34,52-54,58-59H,4-6,8-9,11-12,14-15,17-18,20-21,23-24,26-27,29-30,32-33,35-51H2,1-3H3,(H,57,60)/b10-7+,16-13+,22-19-,28-25-,34-31+. The van der Waals surface area contributed by atoms with Crippen LogP contribution in [0.2, 0.25) is 0 Å². The van der Waals surface area contributed by atoms with Crippen LogP contribution in [-0.4, -0.2) is 46.9 Å². The summed E-state index contributed by atoms with van der Waals surface area (Å²) in [5.41, 5.74) is 0. The molecule has 0 rings (SSSR count). The molecule has 0 aliphatic carbocycles. The molecule has 0 aliphatic rings. The van der Waals surface area contributed by atoms with Gasteiger partial charge in [-0.2, -0.15) is 0 Å². The van der Waals surface area contributed by atoms with Crippen molar-refractivity contribution in [3.8, 4) is 0 Å². The maximum absolute atomic E-state index is 13.2. The van der Waals surface area contributed by atoms with Crippen molar-refractivity contribution in [1.29, 1.82) is 0 Å². The van der Waals surface area contributed by atoms with Crippen molar-refractivity contribution in [3.63, 3.8) is 0 Å². The molecule has 0 fully saturated rings. The lowest BCUT2D eigenvalue weighted by atomic mass is 10.0. The van der Waals surface area contributed by atoms with Gasteiger partial charge >= 0.3 is 5.97 Å². The molecule has 0 saturated heterocycles. The molecule has 3 atom stereocenters. The van der Waals surface area contributed by atoms with Gasteiger partial charge in [-0.05, 0) is 44.9 Å². The van der Waals surface area contributed by atoms with Crippen molar-refractivity contribution in [3.05, 3.63) is 60.8 Å². The average molecular weight is 868 g/mol. The molecule has 0 radical (unpaired) electrons. The molecule has 3 N–H and O–H groups in total. The molecule has 0 bridgehead atoms. The number of hydrogen-bond donors (Lipinski definition) is 3. The monoisotopic (exact) mass is 868 g/mol. The van der Waals surface area contributed by atoms with Crippen LogP contribution >= 0.6 is 0 Å². The topological polar surface area (TPSA) is 95.9 Å². The molecule has 6 nitrogen and oxygen atoms in total. The Morgan fingerprint density at radius 3 is 1.31 bits per heavy atom. The molecule has 1 amide bonds. The molecule has 3 unspecified atom stereocenters. The van der Waals surface area contributed by atoms with E-state index < -0.39 is 18.2 Å². The molecule has 6 heteroatoms. The quantitative estimate of drug-likeness (QED) is 0.0322. The first-order chi connectivity index (χ1) is 30.5. The lowest BCUT2D eigenvalue weighted by molar-refractivity contribution is -0.151. The van der Waals surface area contributed by atoms with E-state index >= 15 is 0 Å². The second kappa shape index (κ2) is 49.6. The smallest absolute Gasteiger partial charge is 0.306 e. The van der Waals surface area contributed by atoms with Gasteiger partial charge < -0.3 is 20.3 Å². The van der Waals surface area contributed by atoms with Crippen LogP contribution in [0, 0.1) is 0 Å². The van der Waals surface area contributed by atoms with Gasteiger partial charge in [-0.1, -0.05) is 261 Å². The largest absolute Gasteiger partial charge is 0.462 e. The van der Waals surface area contributed by atoms with Gasteiger partial charge in [-0.15, -0.1) is 0 Å². The molecule has 0 aromatic heterocycles. The van der Waals surface area contributed by atoms with Gasteiger partial charge in [0.2, 0.25) is 5.91 Å². The van der Waals surface area contributed by atoms with Gasteiger partial charge in [-0.3, -0.25) is 9.59 Å². The van der Waals surface area contributed by atoms with Crippen molar-refractivity contribution in [2.75, 3.05) is 6.61 Å². The zero-order chi connectivity index (χ0) is 45.2. The fourth-order valence-electron chi connectivity index (χ4n) is 7.98. The van der Waals surface area contributed by atoms with Crippen LogP contribution in [0.15, 0.2) is 60.8 Å². The fraction of sp³-hybridized carbons (Fsp3) is 0.786. The molecule has 0 heterocycles. The minimum Gasteiger partial charge on any atom is -0.462 e. The number of ether oxygens (including phenoxy) is 1. The normalized spacial score (nSPS) is 13.7. The van der Waals surface area contributed by atoms with Crippen LogP contribution in [0.5, 0.6) is 0 Å². The van der Waals surface area contributed by atoms with E-state index in [0.717, 1.165) is 70.6 Å². The van der Waals surface area contributed by atoms with Gasteiger partial charge in [0.1, 0.15) is 6.10 Å². The summed E-state index contributed by atoms with van der Waals surface area (Å²) in [6.07, 6.45) is 61.3. The van der Waals surface area contributed by atoms with Crippen molar-refractivity contribution < 1.29 is 24.5 Å². The van der Waals surface area contributed by atoms with E-state index in [4.69, 9.17) is 4.74 Å². The lowest BCUT2D eigenvalue weighted by Gasteiger charge is -2.24. The van der Waals surface area contributed by atoms with Crippen LogP contribution in [0.25, 0.3) is 0 Å². The number of carbonyl (C=O) groups excluding carboxylic acids is 2. The third-order valence-corrected chi connectivity index (χ3v) is 12.0. The van der Waals surface area contributed by atoms with Crippen LogP contribution in [0.1, 0.15) is 258 Å². The molecular formula is C56H101NO5. The summed E-state index contributed by atoms with van der Waals surface area (Å²) in [5.74, 6) is -0.515. The summed E-state index contributed by atoms with van der Waals surface area (Å²) < 4.78 is 5.92. The minimum atomic E-state index is -0.795. The van der Waals surface area contributed by atoms with E-state index in [1.54, 1.807) is 0 Å². The highest BCUT2D eigenvalue weighted by atomic mass is 16.5. The molecule has 0 aliphatic heterocycles. The van der Waals surface area contributed by atoms with E-state index in [1.165, 1.54) is 141 Å². The first-order valence-corrected chi connectivity index (χ1v) is 26.6. The second-order valence-electron chi connectivity index (χ2n) is 18.0. The Balaban J connectivity index is 4.63. The fourth-order valence-corrected chi connectivity index (χ4v) is 7.98. The maximum Gasteiger partial charge on any atom is 0.306 e. The van der Waals surface area contributed by atoms with Gasteiger partial charge in [-0.25, -0.2) is 0 Å². The number of aliphatic hydroxyl groups excluding tert-OH is 2. The van der Waals surface area contributed by atoms with Crippen LogP contribution < -0.4 is 5.32 Å². The summed E-state index contributed by atoms with van der Waals surface area (Å²) in [6, 6.07) is -0.710. The predicted molar refractivity (Wildman–Crippen MR) is 268 cm³/mol. The summed E-state index contributed by atoms with van der Waals surface area (Å²) in [4.78, 5) is 26.2. The first-order valence-electron chi connectivity index (χ1n) is 26.6. The SMILES string of the molecule is CC/C=C/C=C/C=C\C=C/C=C/CCCCCC(=O)OC(CCCCCCCCCCCCCCCC)CC(=O)NC(CO)C(O)CCCCCCCCCCCCCCCC. The highest BCUT2D eigenvalue weighted by molar-refractivity contribution is 5.77. The third-order valence-electron chi connectivity index (χ3n) is 12.0. The van der Waals surface area contributed by atoms with Crippen LogP contribution in [0.4, 0.5) is 0 Å². The molecule has 62 heavy (non-hydrogen) atoms. The molecule has 360 valence electrons. The number of hydrogen-bond acceptors (Lipinski definition) is 5. The Labute approximate surface area is 384 Å². The summed E-state index contributed by atoms with van der Waals surface area (Å²) in [5, 5.41) is 23.8.